The fourth-order valence-electron chi connectivity index (χ4n) is 2.38. The second-order valence-electron chi connectivity index (χ2n) is 5.61. The summed E-state index contributed by atoms with van der Waals surface area (Å²) in [7, 11) is 1.38. The molecular weight excluding hydrogens is 322 g/mol. The van der Waals surface area contributed by atoms with Crippen LogP contribution in [-0.2, 0) is 9.53 Å². The second kappa shape index (κ2) is 7.65. The number of urea groups is 1. The number of rotatable bonds is 4. The first-order valence-corrected chi connectivity index (χ1v) is 7.82. The van der Waals surface area contributed by atoms with Gasteiger partial charge in [0.2, 0.25) is 0 Å². The van der Waals surface area contributed by atoms with Crippen molar-refractivity contribution in [3.05, 3.63) is 53.3 Å². The minimum atomic E-state index is -1.08. The van der Waals surface area contributed by atoms with Gasteiger partial charge >= 0.3 is 12.0 Å². The molecule has 25 heavy (non-hydrogen) atoms. The minimum absolute atomic E-state index is 0.325. The summed E-state index contributed by atoms with van der Waals surface area (Å²) >= 11 is 0. The average molecular weight is 343 g/mol. The number of amides is 3. The number of hydrogen-bond donors (Lipinski definition) is 2. The number of esters is 1. The number of ether oxygens (including phenoxy) is 1. The quantitative estimate of drug-likeness (QED) is 0.832. The number of carbonyl (C=O) groups excluding carboxylic acids is 3. The van der Waals surface area contributed by atoms with Gasteiger partial charge in [0.15, 0.2) is 6.10 Å². The third-order valence-corrected chi connectivity index (χ3v) is 3.75. The molecule has 1 atom stereocenters. The Labute approximate surface area is 146 Å². The van der Waals surface area contributed by atoms with Crippen LogP contribution in [0.1, 0.15) is 28.7 Å². The predicted molar refractivity (Wildman–Crippen MR) is 92.7 cm³/mol. The van der Waals surface area contributed by atoms with Gasteiger partial charge in [-0.2, -0.15) is 0 Å². The molecule has 2 N–H and O–H groups in total. The van der Waals surface area contributed by atoms with E-state index in [0.29, 0.717) is 5.56 Å². The monoisotopic (exact) mass is 343 g/mol. The largest absolute Gasteiger partial charge is 0.449 e. The maximum absolute atomic E-state index is 12.1. The highest BCUT2D eigenvalue weighted by molar-refractivity contribution is 5.98. The lowest BCUT2D eigenvalue weighted by Gasteiger charge is -2.13. The molecule has 1 heterocycles. The van der Waals surface area contributed by atoms with Gasteiger partial charge in [0, 0.05) is 24.1 Å². The molecule has 0 unspecified atom stereocenters. The maximum Gasteiger partial charge on any atom is 0.338 e. The zero-order valence-corrected chi connectivity index (χ0v) is 14.6. The van der Waals surface area contributed by atoms with E-state index in [2.05, 4.69) is 15.2 Å². The van der Waals surface area contributed by atoms with Gasteiger partial charge in [-0.05, 0) is 57.2 Å². The molecule has 0 spiro atoms. The highest BCUT2D eigenvalue weighted by Crippen LogP contribution is 2.17. The summed E-state index contributed by atoms with van der Waals surface area (Å²) in [5.74, 6) is -1.32. The summed E-state index contributed by atoms with van der Waals surface area (Å²) in [6, 6.07) is 10.3. The summed E-state index contributed by atoms with van der Waals surface area (Å²) in [6.45, 7) is 5.40. The van der Waals surface area contributed by atoms with E-state index in [1.165, 1.54) is 14.0 Å². The van der Waals surface area contributed by atoms with Crippen LogP contribution in [-0.4, -0.2) is 35.6 Å². The summed E-state index contributed by atoms with van der Waals surface area (Å²) in [5, 5.41) is 4.31. The number of nitrogens with zero attached hydrogens (tertiary/aromatic N) is 1. The lowest BCUT2D eigenvalue weighted by molar-refractivity contribution is -0.127. The SMILES string of the molecule is CNC(=O)NC(=O)[C@@H](C)OC(=O)c1ccc(-n2c(C)ccc2C)cc1. The Morgan fingerprint density at radius 3 is 2.08 bits per heavy atom. The fourth-order valence-corrected chi connectivity index (χ4v) is 2.38. The van der Waals surface area contributed by atoms with Crippen molar-refractivity contribution >= 4 is 17.9 Å². The number of carbonyl (C=O) groups is 3. The number of hydrogen-bond acceptors (Lipinski definition) is 4. The molecule has 3 amide bonds. The number of aromatic nitrogens is 1. The first-order chi connectivity index (χ1) is 11.8. The Bertz CT molecular complexity index is 774. The zero-order valence-electron chi connectivity index (χ0n) is 14.6. The molecular formula is C18H21N3O4. The molecule has 0 fully saturated rings. The van der Waals surface area contributed by atoms with E-state index in [1.807, 2.05) is 38.1 Å². The van der Waals surface area contributed by atoms with Crippen molar-refractivity contribution in [3.63, 3.8) is 0 Å². The molecule has 2 rings (SSSR count). The van der Waals surface area contributed by atoms with Crippen molar-refractivity contribution < 1.29 is 19.1 Å². The average Bonchev–Trinajstić information content (AvgIpc) is 2.93. The molecule has 2 aromatic rings. The fraction of sp³-hybridized carbons (Fsp3) is 0.278. The first kappa shape index (κ1) is 18.3. The molecule has 7 nitrogen and oxygen atoms in total. The van der Waals surface area contributed by atoms with E-state index in [-0.39, 0.29) is 0 Å². The Morgan fingerprint density at radius 1 is 1.00 bits per heavy atom. The summed E-state index contributed by atoms with van der Waals surface area (Å²) < 4.78 is 7.15. The maximum atomic E-state index is 12.1. The van der Waals surface area contributed by atoms with Gasteiger partial charge in [-0.1, -0.05) is 0 Å². The van der Waals surface area contributed by atoms with Gasteiger partial charge in [-0.15, -0.1) is 0 Å². The molecule has 1 aromatic heterocycles. The number of benzene rings is 1. The van der Waals surface area contributed by atoms with Crippen LogP contribution in [0.3, 0.4) is 0 Å². The van der Waals surface area contributed by atoms with Crippen LogP contribution in [0.5, 0.6) is 0 Å². The van der Waals surface area contributed by atoms with Crippen LogP contribution in [0.15, 0.2) is 36.4 Å². The molecule has 0 aliphatic carbocycles. The summed E-state index contributed by atoms with van der Waals surface area (Å²) in [4.78, 5) is 34.9. The zero-order chi connectivity index (χ0) is 18.6. The smallest absolute Gasteiger partial charge is 0.338 e. The predicted octanol–water partition coefficient (Wildman–Crippen LogP) is 2.10. The Kier molecular flexibility index (Phi) is 5.59. The molecule has 0 aliphatic rings. The van der Waals surface area contributed by atoms with Crippen LogP contribution in [0.2, 0.25) is 0 Å². The van der Waals surface area contributed by atoms with Crippen LogP contribution in [0.4, 0.5) is 4.79 Å². The van der Waals surface area contributed by atoms with E-state index in [0.717, 1.165) is 17.1 Å². The molecule has 0 radical (unpaired) electrons. The normalized spacial score (nSPS) is 11.5. The third-order valence-electron chi connectivity index (χ3n) is 3.75. The van der Waals surface area contributed by atoms with E-state index in [9.17, 15) is 14.4 Å². The van der Waals surface area contributed by atoms with E-state index in [1.54, 1.807) is 12.1 Å². The molecule has 0 saturated heterocycles. The van der Waals surface area contributed by atoms with Gasteiger partial charge in [0.1, 0.15) is 0 Å². The van der Waals surface area contributed by atoms with Crippen LogP contribution >= 0.6 is 0 Å². The van der Waals surface area contributed by atoms with Crippen LogP contribution in [0, 0.1) is 13.8 Å². The Hall–Kier alpha value is -3.09. The standard InChI is InChI=1S/C18H21N3O4/c1-11-5-6-12(2)21(11)15-9-7-14(8-10-15)17(23)25-13(3)16(22)20-18(24)19-4/h5-10,13H,1-4H3,(H2,19,20,22,24)/t13-/m1/s1. The van der Waals surface area contributed by atoms with Gasteiger partial charge in [-0.25, -0.2) is 9.59 Å². The highest BCUT2D eigenvalue weighted by Gasteiger charge is 2.20. The minimum Gasteiger partial charge on any atom is -0.449 e. The van der Waals surface area contributed by atoms with Crippen molar-refractivity contribution in [3.8, 4) is 5.69 Å². The number of aryl methyl sites for hydroxylation is 2. The topological polar surface area (TPSA) is 89.4 Å². The van der Waals surface area contributed by atoms with Gasteiger partial charge in [-0.3, -0.25) is 10.1 Å². The van der Waals surface area contributed by atoms with Crippen LogP contribution in [0.25, 0.3) is 5.69 Å². The van der Waals surface area contributed by atoms with Crippen molar-refractivity contribution in [1.29, 1.82) is 0 Å². The third kappa shape index (κ3) is 4.26. The molecule has 132 valence electrons. The van der Waals surface area contributed by atoms with Crippen LogP contribution < -0.4 is 10.6 Å². The van der Waals surface area contributed by atoms with Crippen molar-refractivity contribution in [2.45, 2.75) is 26.9 Å². The Morgan fingerprint density at radius 2 is 1.56 bits per heavy atom. The lowest BCUT2D eigenvalue weighted by Crippen LogP contribution is -2.43. The van der Waals surface area contributed by atoms with Crippen molar-refractivity contribution in [1.82, 2.24) is 15.2 Å². The number of imide groups is 1. The number of nitrogens with one attached hydrogen (secondary N) is 2. The second-order valence-corrected chi connectivity index (χ2v) is 5.61. The van der Waals surface area contributed by atoms with Gasteiger partial charge < -0.3 is 14.6 Å². The van der Waals surface area contributed by atoms with Crippen molar-refractivity contribution in [2.24, 2.45) is 0 Å². The first-order valence-electron chi connectivity index (χ1n) is 7.82. The highest BCUT2D eigenvalue weighted by atomic mass is 16.5. The van der Waals surface area contributed by atoms with E-state index < -0.39 is 24.0 Å². The summed E-state index contributed by atoms with van der Waals surface area (Å²) in [6.07, 6.45) is -1.08. The van der Waals surface area contributed by atoms with Crippen molar-refractivity contribution in [2.75, 3.05) is 7.05 Å². The Balaban J connectivity index is 2.06. The molecule has 0 saturated carbocycles. The molecule has 0 aliphatic heterocycles. The van der Waals surface area contributed by atoms with Gasteiger partial charge in [0.05, 0.1) is 5.56 Å². The lowest BCUT2D eigenvalue weighted by atomic mass is 10.2. The summed E-state index contributed by atoms with van der Waals surface area (Å²) in [5.41, 5.74) is 3.44. The van der Waals surface area contributed by atoms with E-state index >= 15 is 0 Å². The van der Waals surface area contributed by atoms with E-state index in [4.69, 9.17) is 4.74 Å². The molecule has 1 aromatic carbocycles. The molecule has 7 heteroatoms. The van der Waals surface area contributed by atoms with Gasteiger partial charge in [0.25, 0.3) is 5.91 Å². The molecule has 0 bridgehead atoms.